The number of amides is 2. The van der Waals surface area contributed by atoms with Crippen molar-refractivity contribution in [1.29, 1.82) is 0 Å². The van der Waals surface area contributed by atoms with Crippen LogP contribution in [0.3, 0.4) is 0 Å². The van der Waals surface area contributed by atoms with E-state index in [-0.39, 0.29) is 17.6 Å². The van der Waals surface area contributed by atoms with Crippen molar-refractivity contribution in [3.05, 3.63) is 60.2 Å². The lowest BCUT2D eigenvalue weighted by molar-refractivity contribution is -0.118. The molecule has 0 saturated heterocycles. The van der Waals surface area contributed by atoms with Gasteiger partial charge in [0.15, 0.2) is 0 Å². The smallest absolute Gasteiger partial charge is 0.230 e. The molecule has 0 spiro atoms. The molecular weight excluding hydrogens is 364 g/mol. The largest absolute Gasteiger partial charge is 0.351 e. The Balaban J connectivity index is 1.57. The summed E-state index contributed by atoms with van der Waals surface area (Å²) in [5, 5.41) is 17.7. The van der Waals surface area contributed by atoms with E-state index in [9.17, 15) is 9.59 Å². The maximum Gasteiger partial charge on any atom is 0.230 e. The van der Waals surface area contributed by atoms with Crippen LogP contribution in [-0.2, 0) is 16.1 Å². The number of tetrazole rings is 1. The Labute approximate surface area is 160 Å². The molecule has 0 aliphatic heterocycles. The Morgan fingerprint density at radius 3 is 2.52 bits per heavy atom. The molecule has 3 rings (SSSR count). The SMILES string of the molecule is CC(=O)Nc1ccc(-n2nnnc2SCC(=O)NCc2ccccc2)cc1. The zero-order chi connectivity index (χ0) is 19.1. The number of benzene rings is 2. The van der Waals surface area contributed by atoms with Gasteiger partial charge in [-0.2, -0.15) is 4.68 Å². The third-order valence-electron chi connectivity index (χ3n) is 3.54. The van der Waals surface area contributed by atoms with Crippen LogP contribution in [0, 0.1) is 0 Å². The first kappa shape index (κ1) is 18.6. The van der Waals surface area contributed by atoms with E-state index in [2.05, 4.69) is 26.2 Å². The predicted octanol–water partition coefficient (Wildman–Crippen LogP) is 2.03. The van der Waals surface area contributed by atoms with E-state index in [4.69, 9.17) is 0 Å². The van der Waals surface area contributed by atoms with Gasteiger partial charge in [-0.1, -0.05) is 42.1 Å². The summed E-state index contributed by atoms with van der Waals surface area (Å²) in [6.45, 7) is 1.93. The van der Waals surface area contributed by atoms with E-state index in [1.54, 1.807) is 28.9 Å². The molecule has 0 fully saturated rings. The number of carbonyl (C=O) groups is 2. The first-order valence-electron chi connectivity index (χ1n) is 8.21. The summed E-state index contributed by atoms with van der Waals surface area (Å²) in [4.78, 5) is 23.1. The third kappa shape index (κ3) is 5.38. The van der Waals surface area contributed by atoms with Crippen LogP contribution in [0.25, 0.3) is 5.69 Å². The van der Waals surface area contributed by atoms with Crippen molar-refractivity contribution in [2.45, 2.75) is 18.6 Å². The fourth-order valence-corrected chi connectivity index (χ4v) is 3.02. The number of hydrogen-bond acceptors (Lipinski definition) is 6. The minimum Gasteiger partial charge on any atom is -0.351 e. The first-order valence-corrected chi connectivity index (χ1v) is 9.20. The second-order valence-electron chi connectivity index (χ2n) is 5.65. The maximum absolute atomic E-state index is 12.1. The van der Waals surface area contributed by atoms with Gasteiger partial charge in [0.05, 0.1) is 11.4 Å². The minimum atomic E-state index is -0.136. The van der Waals surface area contributed by atoms with E-state index < -0.39 is 0 Å². The molecular formula is C18H18N6O2S. The van der Waals surface area contributed by atoms with Crippen LogP contribution in [0.5, 0.6) is 0 Å². The fraction of sp³-hybridized carbons (Fsp3) is 0.167. The number of anilines is 1. The molecule has 2 amide bonds. The van der Waals surface area contributed by atoms with Crippen LogP contribution < -0.4 is 10.6 Å². The highest BCUT2D eigenvalue weighted by Crippen LogP contribution is 2.19. The second-order valence-corrected chi connectivity index (χ2v) is 6.59. The molecule has 2 N–H and O–H groups in total. The monoisotopic (exact) mass is 382 g/mol. The molecule has 0 atom stereocenters. The molecule has 27 heavy (non-hydrogen) atoms. The highest BCUT2D eigenvalue weighted by Gasteiger charge is 2.11. The lowest BCUT2D eigenvalue weighted by Gasteiger charge is -2.07. The predicted molar refractivity (Wildman–Crippen MR) is 102 cm³/mol. The van der Waals surface area contributed by atoms with Crippen molar-refractivity contribution in [1.82, 2.24) is 25.5 Å². The van der Waals surface area contributed by atoms with Crippen molar-refractivity contribution >= 4 is 29.3 Å². The van der Waals surface area contributed by atoms with E-state index in [0.717, 1.165) is 11.3 Å². The number of thioether (sulfide) groups is 1. The number of nitrogens with one attached hydrogen (secondary N) is 2. The van der Waals surface area contributed by atoms with E-state index in [0.29, 0.717) is 17.4 Å². The number of aromatic nitrogens is 4. The average molecular weight is 382 g/mol. The van der Waals surface area contributed by atoms with E-state index in [1.807, 2.05) is 30.3 Å². The summed E-state index contributed by atoms with van der Waals surface area (Å²) in [7, 11) is 0. The minimum absolute atomic E-state index is 0.0978. The zero-order valence-electron chi connectivity index (χ0n) is 14.6. The Morgan fingerprint density at radius 1 is 1.07 bits per heavy atom. The zero-order valence-corrected chi connectivity index (χ0v) is 15.4. The summed E-state index contributed by atoms with van der Waals surface area (Å²) in [5.41, 5.74) is 2.47. The van der Waals surface area contributed by atoms with Crippen LogP contribution in [0.15, 0.2) is 59.8 Å². The molecule has 0 aliphatic carbocycles. The van der Waals surface area contributed by atoms with Gasteiger partial charge >= 0.3 is 0 Å². The molecule has 2 aromatic carbocycles. The van der Waals surface area contributed by atoms with Crippen LogP contribution >= 0.6 is 11.8 Å². The van der Waals surface area contributed by atoms with Gasteiger partial charge in [0.1, 0.15) is 0 Å². The molecule has 8 nitrogen and oxygen atoms in total. The molecule has 138 valence electrons. The van der Waals surface area contributed by atoms with Gasteiger partial charge in [-0.25, -0.2) is 0 Å². The van der Waals surface area contributed by atoms with E-state index in [1.165, 1.54) is 18.7 Å². The van der Waals surface area contributed by atoms with Gasteiger partial charge in [-0.15, -0.1) is 5.10 Å². The third-order valence-corrected chi connectivity index (χ3v) is 4.46. The first-order chi connectivity index (χ1) is 13.1. The summed E-state index contributed by atoms with van der Waals surface area (Å²) in [6, 6.07) is 16.8. The molecule has 0 aliphatic rings. The van der Waals surface area contributed by atoms with Gasteiger partial charge in [0.25, 0.3) is 0 Å². The Hall–Kier alpha value is -3.20. The Morgan fingerprint density at radius 2 is 1.81 bits per heavy atom. The van der Waals surface area contributed by atoms with Crippen molar-refractivity contribution < 1.29 is 9.59 Å². The fourth-order valence-electron chi connectivity index (χ4n) is 2.30. The average Bonchev–Trinajstić information content (AvgIpc) is 3.14. The molecule has 0 radical (unpaired) electrons. The second kappa shape index (κ2) is 8.95. The van der Waals surface area contributed by atoms with Crippen molar-refractivity contribution in [3.8, 4) is 5.69 Å². The topological polar surface area (TPSA) is 102 Å². The number of carbonyl (C=O) groups excluding carboxylic acids is 2. The molecule has 0 saturated carbocycles. The van der Waals surface area contributed by atoms with Crippen LogP contribution in [0.4, 0.5) is 5.69 Å². The quantitative estimate of drug-likeness (QED) is 0.606. The summed E-state index contributed by atoms with van der Waals surface area (Å²) < 4.78 is 1.55. The molecule has 0 unspecified atom stereocenters. The van der Waals surface area contributed by atoms with Crippen LogP contribution in [0.1, 0.15) is 12.5 Å². The van der Waals surface area contributed by atoms with Gasteiger partial charge in [0, 0.05) is 19.2 Å². The molecule has 1 aromatic heterocycles. The van der Waals surface area contributed by atoms with Crippen LogP contribution in [0.2, 0.25) is 0 Å². The highest BCUT2D eigenvalue weighted by atomic mass is 32.2. The number of rotatable bonds is 7. The van der Waals surface area contributed by atoms with Crippen molar-refractivity contribution in [2.24, 2.45) is 0 Å². The van der Waals surface area contributed by atoms with Gasteiger partial charge in [-0.3, -0.25) is 9.59 Å². The molecule has 0 bridgehead atoms. The van der Waals surface area contributed by atoms with E-state index >= 15 is 0 Å². The normalized spacial score (nSPS) is 10.4. The molecule has 1 heterocycles. The Bertz CT molecular complexity index is 911. The lowest BCUT2D eigenvalue weighted by Crippen LogP contribution is -2.24. The summed E-state index contributed by atoms with van der Waals surface area (Å²) in [5.74, 6) is -0.0284. The van der Waals surface area contributed by atoms with Gasteiger partial charge in [0.2, 0.25) is 17.0 Å². The van der Waals surface area contributed by atoms with Gasteiger partial charge < -0.3 is 10.6 Å². The highest BCUT2D eigenvalue weighted by molar-refractivity contribution is 7.99. The van der Waals surface area contributed by atoms with Crippen molar-refractivity contribution in [2.75, 3.05) is 11.1 Å². The summed E-state index contributed by atoms with van der Waals surface area (Å²) >= 11 is 1.25. The standard InChI is InChI=1S/C18H18N6O2S/c1-13(25)20-15-7-9-16(10-8-15)24-18(21-22-23-24)27-12-17(26)19-11-14-5-3-2-4-6-14/h2-10H,11-12H2,1H3,(H,19,26)(H,20,25). The molecule has 3 aromatic rings. The van der Waals surface area contributed by atoms with Crippen molar-refractivity contribution in [3.63, 3.8) is 0 Å². The van der Waals surface area contributed by atoms with Crippen LogP contribution in [-0.4, -0.2) is 37.8 Å². The maximum atomic E-state index is 12.1. The Kier molecular flexibility index (Phi) is 6.16. The number of nitrogens with zero attached hydrogens (tertiary/aromatic N) is 4. The lowest BCUT2D eigenvalue weighted by atomic mass is 10.2. The number of hydrogen-bond donors (Lipinski definition) is 2. The van der Waals surface area contributed by atoms with Gasteiger partial charge in [-0.05, 0) is 40.3 Å². The molecule has 9 heteroatoms. The summed E-state index contributed by atoms with van der Waals surface area (Å²) in [6.07, 6.45) is 0.